The van der Waals surface area contributed by atoms with Crippen LogP contribution in [-0.2, 0) is 13.0 Å². The quantitative estimate of drug-likeness (QED) is 0.530. The Hall–Kier alpha value is -1.18. The maximum Gasteiger partial charge on any atom is 0.193 e. The number of nitrogens with zero attached hydrogens (tertiary/aromatic N) is 5. The van der Waals surface area contributed by atoms with E-state index in [4.69, 9.17) is 9.98 Å². The number of likely N-dealkylation sites (tertiary alicyclic amines) is 3. The van der Waals surface area contributed by atoms with E-state index in [0.717, 1.165) is 51.1 Å². The largest absolute Gasteiger partial charge is 0.357 e. The molecule has 3 fully saturated rings. The first-order valence-electron chi connectivity index (χ1n) is 12.2. The number of guanidine groups is 1. The highest BCUT2D eigenvalue weighted by molar-refractivity contribution is 7.09. The van der Waals surface area contributed by atoms with E-state index in [1.807, 2.05) is 0 Å². The van der Waals surface area contributed by atoms with Crippen molar-refractivity contribution < 1.29 is 0 Å². The lowest BCUT2D eigenvalue weighted by atomic mass is 9.97. The second kappa shape index (κ2) is 10.9. The predicted molar refractivity (Wildman–Crippen MR) is 126 cm³/mol. The number of aromatic nitrogens is 1. The molecule has 0 amide bonds. The lowest BCUT2D eigenvalue weighted by Gasteiger charge is -2.31. The first-order valence-corrected chi connectivity index (χ1v) is 13.1. The molecule has 4 rings (SSSR count). The molecular formula is C23H40N6S. The third-order valence-electron chi connectivity index (χ3n) is 6.95. The smallest absolute Gasteiger partial charge is 0.193 e. The highest BCUT2D eigenvalue weighted by atomic mass is 32.1. The van der Waals surface area contributed by atoms with Gasteiger partial charge < -0.3 is 10.2 Å². The van der Waals surface area contributed by atoms with Gasteiger partial charge in [-0.25, -0.2) is 4.98 Å². The molecule has 3 saturated heterocycles. The van der Waals surface area contributed by atoms with Crippen LogP contribution in [0.25, 0.3) is 0 Å². The second-order valence-corrected chi connectivity index (χ2v) is 10.1. The molecule has 0 spiro atoms. The average Bonchev–Trinajstić information content (AvgIpc) is 3.53. The summed E-state index contributed by atoms with van der Waals surface area (Å²) in [5, 5.41) is 7.07. The summed E-state index contributed by atoms with van der Waals surface area (Å²) in [6.45, 7) is 14.6. The summed E-state index contributed by atoms with van der Waals surface area (Å²) in [4.78, 5) is 17.6. The number of hydrogen-bond acceptors (Lipinski definition) is 5. The lowest BCUT2D eigenvalue weighted by molar-refractivity contribution is 0.179. The standard InChI is InChI=1S/C23H40N6S/c1-3-22-26-20(18-30-22)16-27-12-7-19(8-13-27)15-25-23(24-4-2)29-14-9-21(17-29)28-10-5-6-11-28/h18-19,21H,3-17H2,1-2H3,(H,24,25). The average molecular weight is 433 g/mol. The molecule has 168 valence electrons. The van der Waals surface area contributed by atoms with Gasteiger partial charge >= 0.3 is 0 Å². The third kappa shape index (κ3) is 5.74. The van der Waals surface area contributed by atoms with Gasteiger partial charge in [-0.2, -0.15) is 0 Å². The zero-order valence-corrected chi connectivity index (χ0v) is 19.8. The van der Waals surface area contributed by atoms with Crippen molar-refractivity contribution in [3.8, 4) is 0 Å². The van der Waals surface area contributed by atoms with Crippen molar-refractivity contribution in [1.29, 1.82) is 0 Å². The Morgan fingerprint density at radius 3 is 2.63 bits per heavy atom. The maximum atomic E-state index is 5.09. The van der Waals surface area contributed by atoms with Gasteiger partial charge in [-0.1, -0.05) is 6.92 Å². The predicted octanol–water partition coefficient (Wildman–Crippen LogP) is 3.05. The fraction of sp³-hybridized carbons (Fsp3) is 0.826. The minimum Gasteiger partial charge on any atom is -0.357 e. The number of piperidine rings is 1. The minimum atomic E-state index is 0.716. The summed E-state index contributed by atoms with van der Waals surface area (Å²) in [5.41, 5.74) is 1.25. The second-order valence-electron chi connectivity index (χ2n) is 9.13. The Bertz CT molecular complexity index is 675. The van der Waals surface area contributed by atoms with Crippen molar-refractivity contribution in [3.05, 3.63) is 16.1 Å². The zero-order chi connectivity index (χ0) is 20.8. The van der Waals surface area contributed by atoms with Gasteiger partial charge in [-0.3, -0.25) is 14.8 Å². The summed E-state index contributed by atoms with van der Waals surface area (Å²) < 4.78 is 0. The number of rotatable bonds is 7. The summed E-state index contributed by atoms with van der Waals surface area (Å²) in [6, 6.07) is 0.735. The Morgan fingerprint density at radius 1 is 1.13 bits per heavy atom. The molecule has 7 heteroatoms. The van der Waals surface area contributed by atoms with Crippen LogP contribution in [-0.4, -0.2) is 84.0 Å². The van der Waals surface area contributed by atoms with Gasteiger partial charge in [0.15, 0.2) is 5.96 Å². The van der Waals surface area contributed by atoms with Crippen LogP contribution in [0.5, 0.6) is 0 Å². The van der Waals surface area contributed by atoms with Crippen LogP contribution in [0.2, 0.25) is 0 Å². The van der Waals surface area contributed by atoms with E-state index in [-0.39, 0.29) is 0 Å². The molecule has 1 N–H and O–H groups in total. The fourth-order valence-corrected chi connectivity index (χ4v) is 5.86. The highest BCUT2D eigenvalue weighted by Gasteiger charge is 2.31. The monoisotopic (exact) mass is 432 g/mol. The van der Waals surface area contributed by atoms with Crippen LogP contribution in [0.15, 0.2) is 10.4 Å². The van der Waals surface area contributed by atoms with Crippen LogP contribution >= 0.6 is 11.3 Å². The normalized spacial score (nSPS) is 24.8. The van der Waals surface area contributed by atoms with Crippen LogP contribution in [0, 0.1) is 5.92 Å². The van der Waals surface area contributed by atoms with E-state index in [1.165, 1.54) is 69.0 Å². The highest BCUT2D eigenvalue weighted by Crippen LogP contribution is 2.22. The van der Waals surface area contributed by atoms with Gasteiger partial charge in [0.1, 0.15) is 0 Å². The molecule has 1 atom stereocenters. The first-order chi connectivity index (χ1) is 14.7. The summed E-state index contributed by atoms with van der Waals surface area (Å²) >= 11 is 1.80. The van der Waals surface area contributed by atoms with E-state index in [0.29, 0.717) is 5.92 Å². The van der Waals surface area contributed by atoms with Gasteiger partial charge in [0.05, 0.1) is 10.7 Å². The number of hydrogen-bond donors (Lipinski definition) is 1. The van der Waals surface area contributed by atoms with Crippen molar-refractivity contribution in [2.75, 3.05) is 52.4 Å². The molecular weight excluding hydrogens is 392 g/mol. The number of aliphatic imine (C=N–C) groups is 1. The molecule has 1 aromatic heterocycles. The number of aryl methyl sites for hydroxylation is 1. The van der Waals surface area contributed by atoms with E-state index in [9.17, 15) is 0 Å². The van der Waals surface area contributed by atoms with Crippen molar-refractivity contribution in [3.63, 3.8) is 0 Å². The number of nitrogens with one attached hydrogen (secondary N) is 1. The van der Waals surface area contributed by atoms with Crippen LogP contribution in [0.1, 0.15) is 56.7 Å². The summed E-state index contributed by atoms with van der Waals surface area (Å²) in [7, 11) is 0. The number of thiazole rings is 1. The third-order valence-corrected chi connectivity index (χ3v) is 7.99. The Kier molecular flexibility index (Phi) is 8.01. The molecule has 3 aliphatic rings. The molecule has 1 aromatic rings. The van der Waals surface area contributed by atoms with Crippen LogP contribution < -0.4 is 5.32 Å². The SMILES string of the molecule is CCNC(=NCC1CCN(Cc2csc(CC)n2)CC1)N1CCC(N2CCCC2)C1. The van der Waals surface area contributed by atoms with Crippen molar-refractivity contribution in [1.82, 2.24) is 25.0 Å². The molecule has 0 aliphatic carbocycles. The zero-order valence-electron chi connectivity index (χ0n) is 19.0. The van der Waals surface area contributed by atoms with E-state index >= 15 is 0 Å². The maximum absolute atomic E-state index is 5.09. The van der Waals surface area contributed by atoms with Gasteiger partial charge in [0.25, 0.3) is 0 Å². The van der Waals surface area contributed by atoms with Gasteiger partial charge in [0, 0.05) is 44.1 Å². The van der Waals surface area contributed by atoms with Crippen molar-refractivity contribution in [2.45, 2.75) is 65.0 Å². The Balaban J connectivity index is 1.23. The topological polar surface area (TPSA) is 47.0 Å². The molecule has 30 heavy (non-hydrogen) atoms. The van der Waals surface area contributed by atoms with Gasteiger partial charge in [0.2, 0.25) is 0 Å². The van der Waals surface area contributed by atoms with E-state index < -0.39 is 0 Å². The van der Waals surface area contributed by atoms with E-state index in [1.54, 1.807) is 11.3 Å². The Morgan fingerprint density at radius 2 is 1.93 bits per heavy atom. The molecule has 0 radical (unpaired) electrons. The van der Waals surface area contributed by atoms with Crippen LogP contribution in [0.3, 0.4) is 0 Å². The van der Waals surface area contributed by atoms with Crippen molar-refractivity contribution in [2.24, 2.45) is 10.9 Å². The molecule has 0 saturated carbocycles. The minimum absolute atomic E-state index is 0.716. The summed E-state index contributed by atoms with van der Waals surface area (Å²) in [6.07, 6.45) is 7.61. The van der Waals surface area contributed by atoms with Crippen LogP contribution in [0.4, 0.5) is 0 Å². The fourth-order valence-electron chi connectivity index (χ4n) is 5.12. The first kappa shape index (κ1) is 22.0. The molecule has 3 aliphatic heterocycles. The molecule has 0 aromatic carbocycles. The molecule has 1 unspecified atom stereocenters. The Labute approximate surface area is 186 Å². The van der Waals surface area contributed by atoms with Gasteiger partial charge in [-0.15, -0.1) is 11.3 Å². The summed E-state index contributed by atoms with van der Waals surface area (Å²) in [5.74, 6) is 1.87. The lowest BCUT2D eigenvalue weighted by Crippen LogP contribution is -2.43. The van der Waals surface area contributed by atoms with Crippen molar-refractivity contribution >= 4 is 17.3 Å². The molecule has 0 bridgehead atoms. The van der Waals surface area contributed by atoms with Gasteiger partial charge in [-0.05, 0) is 77.5 Å². The molecule has 4 heterocycles. The van der Waals surface area contributed by atoms with E-state index in [2.05, 4.69) is 39.2 Å². The molecule has 6 nitrogen and oxygen atoms in total.